The molecule has 0 spiro atoms. The molecule has 1 aromatic carbocycles. The van der Waals surface area contributed by atoms with Crippen molar-refractivity contribution in [2.45, 2.75) is 6.10 Å². The lowest BCUT2D eigenvalue weighted by Gasteiger charge is -2.11. The van der Waals surface area contributed by atoms with Gasteiger partial charge in [0.15, 0.2) is 0 Å². The Morgan fingerprint density at radius 3 is 2.69 bits per heavy atom. The second kappa shape index (κ2) is 4.60. The van der Waals surface area contributed by atoms with Gasteiger partial charge in [-0.05, 0) is 29.8 Å². The average molecular weight is 238 g/mol. The van der Waals surface area contributed by atoms with Crippen molar-refractivity contribution in [2.24, 2.45) is 0 Å². The smallest absolute Gasteiger partial charge is 0.125 e. The van der Waals surface area contributed by atoms with Gasteiger partial charge in [-0.1, -0.05) is 17.7 Å². The zero-order valence-corrected chi connectivity index (χ0v) is 9.03. The van der Waals surface area contributed by atoms with E-state index in [4.69, 9.17) is 11.6 Å². The van der Waals surface area contributed by atoms with Gasteiger partial charge >= 0.3 is 0 Å². The van der Waals surface area contributed by atoms with Gasteiger partial charge in [0.2, 0.25) is 0 Å². The molecule has 16 heavy (non-hydrogen) atoms. The third-order valence-corrected chi connectivity index (χ3v) is 2.42. The number of nitrogens with zero attached hydrogens (tertiary/aromatic N) is 1. The van der Waals surface area contributed by atoms with Crippen LogP contribution in [0, 0.1) is 5.82 Å². The summed E-state index contributed by atoms with van der Waals surface area (Å²) in [5.41, 5.74) is 1.02. The first-order valence-corrected chi connectivity index (χ1v) is 5.08. The van der Waals surface area contributed by atoms with Gasteiger partial charge in [-0.25, -0.2) is 4.39 Å². The Bertz CT molecular complexity index is 469. The first-order chi connectivity index (χ1) is 7.66. The number of hydrogen-bond donors (Lipinski definition) is 1. The molecule has 1 unspecified atom stereocenters. The summed E-state index contributed by atoms with van der Waals surface area (Å²) in [5.74, 6) is -0.467. The number of aliphatic hydroxyl groups excluding tert-OH is 1. The molecule has 0 radical (unpaired) electrons. The maximum atomic E-state index is 13.1. The molecule has 4 heteroatoms. The van der Waals surface area contributed by atoms with Gasteiger partial charge < -0.3 is 5.11 Å². The van der Waals surface area contributed by atoms with Crippen LogP contribution < -0.4 is 0 Å². The van der Waals surface area contributed by atoms with Crippen molar-refractivity contribution in [1.29, 1.82) is 0 Å². The first-order valence-electron chi connectivity index (χ1n) is 4.71. The van der Waals surface area contributed by atoms with E-state index in [2.05, 4.69) is 4.98 Å². The van der Waals surface area contributed by atoms with E-state index >= 15 is 0 Å². The quantitative estimate of drug-likeness (QED) is 0.871. The van der Waals surface area contributed by atoms with Crippen LogP contribution in [0.3, 0.4) is 0 Å². The maximum absolute atomic E-state index is 13.1. The summed E-state index contributed by atoms with van der Waals surface area (Å²) in [6.07, 6.45) is 2.22. The van der Waals surface area contributed by atoms with E-state index in [-0.39, 0.29) is 5.02 Å². The number of aliphatic hydroxyl groups is 1. The van der Waals surface area contributed by atoms with Crippen molar-refractivity contribution >= 4 is 11.6 Å². The summed E-state index contributed by atoms with van der Waals surface area (Å²) in [6.45, 7) is 0. The van der Waals surface area contributed by atoms with Crippen LogP contribution in [0.15, 0.2) is 42.7 Å². The van der Waals surface area contributed by atoms with Crippen molar-refractivity contribution in [3.63, 3.8) is 0 Å². The lowest BCUT2D eigenvalue weighted by molar-refractivity contribution is 0.219. The van der Waals surface area contributed by atoms with Crippen LogP contribution in [0.25, 0.3) is 0 Å². The topological polar surface area (TPSA) is 33.1 Å². The Hall–Kier alpha value is -1.45. The lowest BCUT2D eigenvalue weighted by atomic mass is 10.0. The highest BCUT2D eigenvalue weighted by Crippen LogP contribution is 2.24. The van der Waals surface area contributed by atoms with Crippen LogP contribution in [0.1, 0.15) is 17.2 Å². The van der Waals surface area contributed by atoms with Gasteiger partial charge in [-0.2, -0.15) is 0 Å². The van der Waals surface area contributed by atoms with Crippen molar-refractivity contribution < 1.29 is 9.50 Å². The number of halogens is 2. The van der Waals surface area contributed by atoms with Crippen molar-refractivity contribution in [3.05, 3.63) is 64.7 Å². The zero-order chi connectivity index (χ0) is 11.5. The van der Waals surface area contributed by atoms with Crippen LogP contribution >= 0.6 is 11.6 Å². The second-order valence-corrected chi connectivity index (χ2v) is 3.83. The number of pyridine rings is 1. The second-order valence-electron chi connectivity index (χ2n) is 3.39. The molecule has 0 aliphatic rings. The fourth-order valence-electron chi connectivity index (χ4n) is 1.46. The molecule has 82 valence electrons. The Kier molecular flexibility index (Phi) is 3.17. The third kappa shape index (κ3) is 2.38. The molecule has 2 aromatic rings. The summed E-state index contributed by atoms with van der Waals surface area (Å²) >= 11 is 5.71. The molecule has 2 nitrogen and oxygen atoms in total. The Labute approximate surface area is 97.3 Å². The number of benzene rings is 1. The molecule has 0 saturated heterocycles. The van der Waals surface area contributed by atoms with Crippen LogP contribution in [-0.4, -0.2) is 10.1 Å². The third-order valence-electron chi connectivity index (χ3n) is 2.20. The summed E-state index contributed by atoms with van der Waals surface area (Å²) < 4.78 is 13.1. The normalized spacial score (nSPS) is 12.4. The average Bonchev–Trinajstić information content (AvgIpc) is 2.28. The number of rotatable bonds is 2. The van der Waals surface area contributed by atoms with Gasteiger partial charge in [0.05, 0.1) is 0 Å². The summed E-state index contributed by atoms with van der Waals surface area (Å²) in [7, 11) is 0. The largest absolute Gasteiger partial charge is 0.384 e. The Balaban J connectivity index is 2.37. The molecule has 0 bridgehead atoms. The van der Waals surface area contributed by atoms with Gasteiger partial charge in [-0.3, -0.25) is 4.98 Å². The summed E-state index contributed by atoms with van der Waals surface area (Å²) in [5, 5.41) is 10.2. The maximum Gasteiger partial charge on any atom is 0.125 e. The van der Waals surface area contributed by atoms with Crippen molar-refractivity contribution in [1.82, 2.24) is 4.98 Å². The van der Waals surface area contributed by atoms with Crippen molar-refractivity contribution in [2.75, 3.05) is 0 Å². The monoisotopic (exact) mass is 237 g/mol. The molecular weight excluding hydrogens is 229 g/mol. The van der Waals surface area contributed by atoms with E-state index in [1.54, 1.807) is 18.3 Å². The molecule has 0 aliphatic carbocycles. The standard InChI is InChI=1S/C12H9ClFNO/c13-10-4-9(5-11(14)6-10)12(16)8-2-1-3-15-7-8/h1-7,12,16H. The lowest BCUT2D eigenvalue weighted by Crippen LogP contribution is -2.00. The van der Waals surface area contributed by atoms with E-state index in [1.807, 2.05) is 0 Å². The Morgan fingerprint density at radius 1 is 1.25 bits per heavy atom. The van der Waals surface area contributed by atoms with E-state index in [9.17, 15) is 9.50 Å². The predicted molar refractivity (Wildman–Crippen MR) is 59.7 cm³/mol. The fourth-order valence-corrected chi connectivity index (χ4v) is 1.69. The molecule has 1 atom stereocenters. The molecule has 1 aromatic heterocycles. The fraction of sp³-hybridized carbons (Fsp3) is 0.0833. The van der Waals surface area contributed by atoms with E-state index in [0.29, 0.717) is 11.1 Å². The minimum absolute atomic E-state index is 0.262. The minimum Gasteiger partial charge on any atom is -0.384 e. The number of aromatic nitrogens is 1. The summed E-state index contributed by atoms with van der Waals surface area (Å²) in [6, 6.07) is 7.41. The highest BCUT2D eigenvalue weighted by molar-refractivity contribution is 6.30. The first kappa shape index (κ1) is 11.0. The van der Waals surface area contributed by atoms with Crippen LogP contribution in [0.5, 0.6) is 0 Å². The van der Waals surface area contributed by atoms with E-state index in [0.717, 1.165) is 0 Å². The van der Waals surface area contributed by atoms with Gasteiger partial charge in [0.1, 0.15) is 11.9 Å². The molecule has 0 amide bonds. The molecule has 1 N–H and O–H groups in total. The SMILES string of the molecule is OC(c1cccnc1)c1cc(F)cc(Cl)c1. The minimum atomic E-state index is -0.915. The Morgan fingerprint density at radius 2 is 2.06 bits per heavy atom. The molecule has 0 saturated carbocycles. The van der Waals surface area contributed by atoms with Gasteiger partial charge in [0.25, 0.3) is 0 Å². The predicted octanol–water partition coefficient (Wildman–Crippen LogP) is 2.96. The van der Waals surface area contributed by atoms with Crippen LogP contribution in [-0.2, 0) is 0 Å². The highest BCUT2D eigenvalue weighted by atomic mass is 35.5. The van der Waals surface area contributed by atoms with E-state index in [1.165, 1.54) is 24.4 Å². The van der Waals surface area contributed by atoms with Crippen molar-refractivity contribution in [3.8, 4) is 0 Å². The summed E-state index contributed by atoms with van der Waals surface area (Å²) in [4.78, 5) is 3.89. The molecule has 0 aliphatic heterocycles. The molecule has 1 heterocycles. The van der Waals surface area contributed by atoms with Gasteiger partial charge in [0, 0.05) is 23.0 Å². The highest BCUT2D eigenvalue weighted by Gasteiger charge is 2.12. The molecule has 2 rings (SSSR count). The zero-order valence-electron chi connectivity index (χ0n) is 8.27. The molecular formula is C12H9ClFNO. The van der Waals surface area contributed by atoms with E-state index < -0.39 is 11.9 Å². The van der Waals surface area contributed by atoms with Crippen LogP contribution in [0.4, 0.5) is 4.39 Å². The number of hydrogen-bond acceptors (Lipinski definition) is 2. The van der Waals surface area contributed by atoms with Gasteiger partial charge in [-0.15, -0.1) is 0 Å². The van der Waals surface area contributed by atoms with Crippen LogP contribution in [0.2, 0.25) is 5.02 Å². The molecule has 0 fully saturated rings.